The zero-order valence-corrected chi connectivity index (χ0v) is 12.4. The smallest absolute Gasteiger partial charge is 0.166 e. The average molecular weight is 282 g/mol. The molecule has 0 spiro atoms. The second-order valence-electron chi connectivity index (χ2n) is 4.90. The lowest BCUT2D eigenvalue weighted by Gasteiger charge is -2.01. The number of hydrogen-bond acceptors (Lipinski definition) is 1. The number of benzene rings is 2. The van der Waals surface area contributed by atoms with E-state index in [4.69, 9.17) is 4.74 Å². The van der Waals surface area contributed by atoms with Gasteiger partial charge in [0.15, 0.2) is 11.6 Å². The molecular formula is C19H19FO. The SMILES string of the molecule is CCCCc1ccc(C#Cc2ccc(OC)c(F)c2)cc1. The molecule has 0 saturated heterocycles. The highest BCUT2D eigenvalue weighted by Crippen LogP contribution is 2.17. The van der Waals surface area contributed by atoms with Crippen molar-refractivity contribution in [3.8, 4) is 17.6 Å². The minimum Gasteiger partial charge on any atom is -0.494 e. The van der Waals surface area contributed by atoms with E-state index >= 15 is 0 Å². The zero-order chi connectivity index (χ0) is 15.1. The van der Waals surface area contributed by atoms with Gasteiger partial charge in [0.25, 0.3) is 0 Å². The van der Waals surface area contributed by atoms with Crippen molar-refractivity contribution in [1.82, 2.24) is 0 Å². The van der Waals surface area contributed by atoms with Crippen molar-refractivity contribution in [3.63, 3.8) is 0 Å². The van der Waals surface area contributed by atoms with E-state index in [1.165, 1.54) is 31.6 Å². The fourth-order valence-electron chi connectivity index (χ4n) is 2.02. The van der Waals surface area contributed by atoms with E-state index in [2.05, 4.69) is 30.9 Å². The van der Waals surface area contributed by atoms with Crippen LogP contribution in [0.2, 0.25) is 0 Å². The molecule has 0 N–H and O–H groups in total. The molecule has 0 amide bonds. The van der Waals surface area contributed by atoms with E-state index in [1.807, 2.05) is 12.1 Å². The van der Waals surface area contributed by atoms with Crippen molar-refractivity contribution >= 4 is 0 Å². The summed E-state index contributed by atoms with van der Waals surface area (Å²) in [6, 6.07) is 13.0. The molecule has 0 aliphatic heterocycles. The summed E-state index contributed by atoms with van der Waals surface area (Å²) in [5, 5.41) is 0. The van der Waals surface area contributed by atoms with Crippen LogP contribution in [0.5, 0.6) is 5.75 Å². The fraction of sp³-hybridized carbons (Fsp3) is 0.263. The van der Waals surface area contributed by atoms with Crippen LogP contribution < -0.4 is 4.74 Å². The van der Waals surface area contributed by atoms with E-state index in [-0.39, 0.29) is 11.6 Å². The third kappa shape index (κ3) is 4.36. The van der Waals surface area contributed by atoms with Gasteiger partial charge >= 0.3 is 0 Å². The number of rotatable bonds is 4. The third-order valence-electron chi connectivity index (χ3n) is 3.28. The molecule has 0 atom stereocenters. The van der Waals surface area contributed by atoms with Crippen LogP contribution in [0.3, 0.4) is 0 Å². The summed E-state index contributed by atoms with van der Waals surface area (Å²) in [5.74, 6) is 5.87. The minimum absolute atomic E-state index is 0.237. The highest BCUT2D eigenvalue weighted by atomic mass is 19.1. The standard InChI is InChI=1S/C19H19FO/c1-3-4-5-15-6-8-16(9-7-15)10-11-17-12-13-19(21-2)18(20)14-17/h6-9,12-14H,3-5H2,1-2H3. The Morgan fingerprint density at radius 3 is 2.29 bits per heavy atom. The second-order valence-corrected chi connectivity index (χ2v) is 4.90. The molecule has 21 heavy (non-hydrogen) atoms. The van der Waals surface area contributed by atoms with E-state index in [0.29, 0.717) is 5.56 Å². The lowest BCUT2D eigenvalue weighted by molar-refractivity contribution is 0.386. The molecule has 2 heteroatoms. The Hall–Kier alpha value is -2.27. The predicted molar refractivity (Wildman–Crippen MR) is 84.0 cm³/mol. The maximum absolute atomic E-state index is 13.6. The highest BCUT2D eigenvalue weighted by molar-refractivity contribution is 5.45. The molecule has 0 fully saturated rings. The molecule has 1 nitrogen and oxygen atoms in total. The number of unbranched alkanes of at least 4 members (excludes halogenated alkanes) is 1. The first kappa shape index (κ1) is 15.1. The third-order valence-corrected chi connectivity index (χ3v) is 3.28. The van der Waals surface area contributed by atoms with Crippen LogP contribution in [0.15, 0.2) is 42.5 Å². The Balaban J connectivity index is 2.09. The van der Waals surface area contributed by atoms with E-state index in [0.717, 1.165) is 12.0 Å². The monoisotopic (exact) mass is 282 g/mol. The summed E-state index contributed by atoms with van der Waals surface area (Å²) in [6.07, 6.45) is 3.51. The number of hydrogen-bond donors (Lipinski definition) is 0. The van der Waals surface area contributed by atoms with Crippen molar-refractivity contribution in [2.45, 2.75) is 26.2 Å². The number of ether oxygens (including phenoxy) is 1. The molecule has 0 bridgehead atoms. The molecule has 0 aliphatic carbocycles. The molecule has 0 saturated carbocycles. The maximum Gasteiger partial charge on any atom is 0.166 e. The lowest BCUT2D eigenvalue weighted by Crippen LogP contribution is -1.88. The Morgan fingerprint density at radius 2 is 1.67 bits per heavy atom. The van der Waals surface area contributed by atoms with Crippen molar-refractivity contribution in [2.75, 3.05) is 7.11 Å². The van der Waals surface area contributed by atoms with Crippen LogP contribution >= 0.6 is 0 Å². The first-order valence-electron chi connectivity index (χ1n) is 7.17. The molecule has 108 valence electrons. The summed E-state index contributed by atoms with van der Waals surface area (Å²) in [6.45, 7) is 2.19. The molecule has 2 aromatic carbocycles. The summed E-state index contributed by atoms with van der Waals surface area (Å²) < 4.78 is 18.4. The number of aryl methyl sites for hydroxylation is 1. The lowest BCUT2D eigenvalue weighted by atomic mass is 10.1. The Labute approximate surface area is 125 Å². The Kier molecular flexibility index (Phi) is 5.40. The van der Waals surface area contributed by atoms with Gasteiger partial charge in [0.05, 0.1) is 7.11 Å². The maximum atomic E-state index is 13.6. The van der Waals surface area contributed by atoms with E-state index in [1.54, 1.807) is 12.1 Å². The van der Waals surface area contributed by atoms with Crippen molar-refractivity contribution in [1.29, 1.82) is 0 Å². The first-order valence-corrected chi connectivity index (χ1v) is 7.17. The van der Waals surface area contributed by atoms with Crippen LogP contribution in [0.1, 0.15) is 36.5 Å². The van der Waals surface area contributed by atoms with Crippen LogP contribution in [0.4, 0.5) is 4.39 Å². The molecule has 0 radical (unpaired) electrons. The van der Waals surface area contributed by atoms with Crippen LogP contribution in [-0.4, -0.2) is 7.11 Å². The van der Waals surface area contributed by atoms with Gasteiger partial charge in [0.2, 0.25) is 0 Å². The molecule has 2 rings (SSSR count). The van der Waals surface area contributed by atoms with Crippen LogP contribution in [0, 0.1) is 17.7 Å². The Morgan fingerprint density at radius 1 is 1.00 bits per heavy atom. The van der Waals surface area contributed by atoms with Crippen molar-refractivity contribution in [2.24, 2.45) is 0 Å². The zero-order valence-electron chi connectivity index (χ0n) is 12.4. The summed E-state index contributed by atoms with van der Waals surface area (Å²) >= 11 is 0. The quantitative estimate of drug-likeness (QED) is 0.746. The summed E-state index contributed by atoms with van der Waals surface area (Å²) in [4.78, 5) is 0. The van der Waals surface area contributed by atoms with Gasteiger partial charge in [-0.1, -0.05) is 37.3 Å². The van der Waals surface area contributed by atoms with Gasteiger partial charge in [-0.15, -0.1) is 0 Å². The molecule has 0 aromatic heterocycles. The van der Waals surface area contributed by atoms with Gasteiger partial charge < -0.3 is 4.74 Å². The van der Waals surface area contributed by atoms with Crippen LogP contribution in [-0.2, 0) is 6.42 Å². The Bertz CT molecular complexity index is 648. The van der Waals surface area contributed by atoms with Gasteiger partial charge in [0, 0.05) is 11.1 Å². The van der Waals surface area contributed by atoms with Gasteiger partial charge in [-0.25, -0.2) is 4.39 Å². The van der Waals surface area contributed by atoms with Crippen LogP contribution in [0.25, 0.3) is 0 Å². The predicted octanol–water partition coefficient (Wildman–Crippen LogP) is 4.58. The van der Waals surface area contributed by atoms with Crippen molar-refractivity contribution < 1.29 is 9.13 Å². The van der Waals surface area contributed by atoms with Gasteiger partial charge in [0.1, 0.15) is 0 Å². The minimum atomic E-state index is -0.390. The average Bonchev–Trinajstić information content (AvgIpc) is 2.52. The largest absolute Gasteiger partial charge is 0.494 e. The molecule has 2 aromatic rings. The number of methoxy groups -OCH3 is 1. The topological polar surface area (TPSA) is 9.23 Å². The molecule has 0 aliphatic rings. The summed E-state index contributed by atoms with van der Waals surface area (Å²) in [7, 11) is 1.45. The molecule has 0 unspecified atom stereocenters. The van der Waals surface area contributed by atoms with Crippen molar-refractivity contribution in [3.05, 3.63) is 65.0 Å². The molecule has 0 heterocycles. The van der Waals surface area contributed by atoms with Gasteiger partial charge in [-0.3, -0.25) is 0 Å². The fourth-order valence-corrected chi connectivity index (χ4v) is 2.02. The summed E-state index contributed by atoms with van der Waals surface area (Å²) in [5.41, 5.74) is 2.91. The first-order chi connectivity index (χ1) is 10.2. The second kappa shape index (κ2) is 7.50. The number of halogens is 1. The van der Waals surface area contributed by atoms with E-state index in [9.17, 15) is 4.39 Å². The molecular weight excluding hydrogens is 263 g/mol. The van der Waals surface area contributed by atoms with E-state index < -0.39 is 0 Å². The normalized spacial score (nSPS) is 9.86. The van der Waals surface area contributed by atoms with Gasteiger partial charge in [-0.2, -0.15) is 0 Å². The van der Waals surface area contributed by atoms with Gasteiger partial charge in [-0.05, 0) is 48.7 Å². The highest BCUT2D eigenvalue weighted by Gasteiger charge is 2.01.